The Hall–Kier alpha value is -1.35. The number of unbranched alkanes of at least 4 members (excludes halogenated alkanes) is 3. The van der Waals surface area contributed by atoms with Crippen LogP contribution in [0.3, 0.4) is 0 Å². The van der Waals surface area contributed by atoms with E-state index in [0.717, 1.165) is 12.8 Å². The van der Waals surface area contributed by atoms with Crippen molar-refractivity contribution in [1.29, 1.82) is 0 Å². The second-order valence-electron chi connectivity index (χ2n) is 4.70. The molecule has 1 atom stereocenters. The zero-order valence-electron chi connectivity index (χ0n) is 10.7. The molecule has 0 radical (unpaired) electrons. The molecule has 98 valence electrons. The number of aliphatic hydroxyl groups is 1. The lowest BCUT2D eigenvalue weighted by Crippen LogP contribution is -1.95. The Bertz CT molecular complexity index is 504. The molecule has 0 saturated heterocycles. The maximum Gasteiger partial charge on any atom is 0.134 e. The third-order valence-electron chi connectivity index (χ3n) is 3.16. The second kappa shape index (κ2) is 6.01. The summed E-state index contributed by atoms with van der Waals surface area (Å²) in [5.74, 6) is 0.249. The predicted octanol–water partition coefficient (Wildman–Crippen LogP) is 4.58. The van der Waals surface area contributed by atoms with Crippen molar-refractivity contribution in [2.24, 2.45) is 0 Å². The molecule has 1 heterocycles. The van der Waals surface area contributed by atoms with Gasteiger partial charge in [0.05, 0.1) is 0 Å². The Morgan fingerprint density at radius 1 is 1.22 bits per heavy atom. The summed E-state index contributed by atoms with van der Waals surface area (Å²) in [6.45, 7) is 2.16. The van der Waals surface area contributed by atoms with E-state index >= 15 is 0 Å². The van der Waals surface area contributed by atoms with Crippen molar-refractivity contribution in [3.8, 4) is 0 Å². The third kappa shape index (κ3) is 3.10. The summed E-state index contributed by atoms with van der Waals surface area (Å²) in [6, 6.07) is 6.11. The fourth-order valence-corrected chi connectivity index (χ4v) is 2.11. The molecule has 1 N–H and O–H groups in total. The maximum atomic E-state index is 13.0. The molecule has 1 unspecified atom stereocenters. The highest BCUT2D eigenvalue weighted by Gasteiger charge is 2.13. The summed E-state index contributed by atoms with van der Waals surface area (Å²) in [4.78, 5) is 0. The van der Waals surface area contributed by atoms with Crippen LogP contribution in [0, 0.1) is 5.82 Å². The van der Waals surface area contributed by atoms with Crippen LogP contribution in [0.2, 0.25) is 0 Å². The number of rotatable bonds is 6. The van der Waals surface area contributed by atoms with Crippen LogP contribution in [0.1, 0.15) is 50.9 Å². The minimum atomic E-state index is -0.586. The lowest BCUT2D eigenvalue weighted by molar-refractivity contribution is 0.139. The van der Waals surface area contributed by atoms with Crippen molar-refractivity contribution >= 4 is 11.0 Å². The van der Waals surface area contributed by atoms with Crippen LogP contribution < -0.4 is 0 Å². The zero-order valence-corrected chi connectivity index (χ0v) is 10.7. The highest BCUT2D eigenvalue weighted by Crippen LogP contribution is 2.27. The molecule has 2 rings (SSSR count). The Balaban J connectivity index is 2.01. The van der Waals surface area contributed by atoms with Gasteiger partial charge in [-0.05, 0) is 30.7 Å². The summed E-state index contributed by atoms with van der Waals surface area (Å²) < 4.78 is 18.6. The number of furan rings is 1. The van der Waals surface area contributed by atoms with Gasteiger partial charge in [0.1, 0.15) is 23.3 Å². The van der Waals surface area contributed by atoms with E-state index in [1.807, 2.05) is 0 Å². The van der Waals surface area contributed by atoms with Crippen molar-refractivity contribution in [3.63, 3.8) is 0 Å². The highest BCUT2D eigenvalue weighted by molar-refractivity contribution is 5.77. The van der Waals surface area contributed by atoms with Gasteiger partial charge in [-0.25, -0.2) is 4.39 Å². The number of hydrogen-bond acceptors (Lipinski definition) is 2. The number of benzene rings is 1. The third-order valence-corrected chi connectivity index (χ3v) is 3.16. The van der Waals surface area contributed by atoms with E-state index in [9.17, 15) is 9.50 Å². The first-order valence-corrected chi connectivity index (χ1v) is 6.57. The Morgan fingerprint density at radius 3 is 2.83 bits per heavy atom. The molecular formula is C15H19FO2. The van der Waals surface area contributed by atoms with Gasteiger partial charge in [-0.2, -0.15) is 0 Å². The first-order chi connectivity index (χ1) is 8.70. The summed E-state index contributed by atoms with van der Waals surface area (Å²) >= 11 is 0. The Morgan fingerprint density at radius 2 is 2.06 bits per heavy atom. The quantitative estimate of drug-likeness (QED) is 0.761. The minimum Gasteiger partial charge on any atom is -0.458 e. The Kier molecular flexibility index (Phi) is 4.37. The van der Waals surface area contributed by atoms with Crippen molar-refractivity contribution < 1.29 is 13.9 Å². The van der Waals surface area contributed by atoms with Gasteiger partial charge in [0, 0.05) is 5.39 Å². The van der Waals surface area contributed by atoms with E-state index < -0.39 is 6.10 Å². The van der Waals surface area contributed by atoms with E-state index in [4.69, 9.17) is 4.42 Å². The average Bonchev–Trinajstić information content (AvgIpc) is 2.77. The highest BCUT2D eigenvalue weighted by atomic mass is 19.1. The van der Waals surface area contributed by atoms with E-state index in [1.54, 1.807) is 12.1 Å². The van der Waals surface area contributed by atoms with Crippen molar-refractivity contribution in [1.82, 2.24) is 0 Å². The molecule has 2 nitrogen and oxygen atoms in total. The van der Waals surface area contributed by atoms with Gasteiger partial charge in [0.15, 0.2) is 0 Å². The molecule has 0 aliphatic rings. The van der Waals surface area contributed by atoms with E-state index in [-0.39, 0.29) is 5.82 Å². The molecule has 0 bridgehead atoms. The van der Waals surface area contributed by atoms with Crippen LogP contribution in [0.15, 0.2) is 28.7 Å². The topological polar surface area (TPSA) is 33.4 Å². The normalized spacial score (nSPS) is 13.1. The standard InChI is InChI=1S/C15H19FO2/c1-2-3-4-5-6-13(17)15-10-11-9-12(16)7-8-14(11)18-15/h7-10,13,17H,2-6H2,1H3. The van der Waals surface area contributed by atoms with Crippen molar-refractivity contribution in [2.45, 2.75) is 45.1 Å². The molecule has 0 saturated carbocycles. The van der Waals surface area contributed by atoms with E-state index in [1.165, 1.54) is 25.0 Å². The molecule has 0 fully saturated rings. The van der Waals surface area contributed by atoms with E-state index in [0.29, 0.717) is 23.2 Å². The molecule has 2 aromatic rings. The predicted molar refractivity (Wildman–Crippen MR) is 69.9 cm³/mol. The molecular weight excluding hydrogens is 231 g/mol. The van der Waals surface area contributed by atoms with Crippen molar-refractivity contribution in [3.05, 3.63) is 35.8 Å². The molecule has 1 aromatic carbocycles. The molecule has 18 heavy (non-hydrogen) atoms. The average molecular weight is 250 g/mol. The second-order valence-corrected chi connectivity index (χ2v) is 4.70. The molecule has 0 amide bonds. The van der Waals surface area contributed by atoms with Crippen LogP contribution in [-0.2, 0) is 0 Å². The number of aliphatic hydroxyl groups excluding tert-OH is 1. The minimum absolute atomic E-state index is 0.285. The molecule has 1 aromatic heterocycles. The van der Waals surface area contributed by atoms with Crippen LogP contribution in [0.25, 0.3) is 11.0 Å². The molecule has 0 aliphatic heterocycles. The summed E-state index contributed by atoms with van der Waals surface area (Å²) in [5, 5.41) is 10.7. The smallest absolute Gasteiger partial charge is 0.134 e. The van der Waals surface area contributed by atoms with Gasteiger partial charge in [-0.1, -0.05) is 32.6 Å². The maximum absolute atomic E-state index is 13.0. The monoisotopic (exact) mass is 250 g/mol. The number of hydrogen-bond donors (Lipinski definition) is 1. The van der Waals surface area contributed by atoms with Gasteiger partial charge in [-0.3, -0.25) is 0 Å². The van der Waals surface area contributed by atoms with Crippen molar-refractivity contribution in [2.75, 3.05) is 0 Å². The zero-order chi connectivity index (χ0) is 13.0. The summed E-state index contributed by atoms with van der Waals surface area (Å²) in [5.41, 5.74) is 0.624. The van der Waals surface area contributed by atoms with Gasteiger partial charge in [0.2, 0.25) is 0 Å². The lowest BCUT2D eigenvalue weighted by Gasteiger charge is -2.06. The number of fused-ring (bicyclic) bond motifs is 1. The van der Waals surface area contributed by atoms with Gasteiger partial charge in [0.25, 0.3) is 0 Å². The molecule has 0 spiro atoms. The lowest BCUT2D eigenvalue weighted by atomic mass is 10.1. The molecule has 3 heteroatoms. The van der Waals surface area contributed by atoms with Crippen LogP contribution in [0.5, 0.6) is 0 Å². The number of halogens is 1. The van der Waals surface area contributed by atoms with Crippen LogP contribution in [-0.4, -0.2) is 5.11 Å². The first-order valence-electron chi connectivity index (χ1n) is 6.57. The summed E-state index contributed by atoms with van der Waals surface area (Å²) in [7, 11) is 0. The van der Waals surface area contributed by atoms with Gasteiger partial charge < -0.3 is 9.52 Å². The summed E-state index contributed by atoms with van der Waals surface area (Å²) in [6.07, 6.45) is 4.60. The molecule has 0 aliphatic carbocycles. The fourth-order valence-electron chi connectivity index (χ4n) is 2.11. The first kappa shape index (κ1) is 13.1. The fraction of sp³-hybridized carbons (Fsp3) is 0.467. The van der Waals surface area contributed by atoms with Crippen LogP contribution >= 0.6 is 0 Å². The largest absolute Gasteiger partial charge is 0.458 e. The van der Waals surface area contributed by atoms with E-state index in [2.05, 4.69) is 6.92 Å². The Labute approximate surface area is 106 Å². The van der Waals surface area contributed by atoms with Gasteiger partial charge >= 0.3 is 0 Å². The van der Waals surface area contributed by atoms with Gasteiger partial charge in [-0.15, -0.1) is 0 Å². The SMILES string of the molecule is CCCCCCC(O)c1cc2cc(F)ccc2o1. The van der Waals surface area contributed by atoms with Crippen LogP contribution in [0.4, 0.5) is 4.39 Å².